The molecule has 0 bridgehead atoms. The Morgan fingerprint density at radius 3 is 3.00 bits per heavy atom. The van der Waals surface area contributed by atoms with Crippen molar-refractivity contribution in [3.05, 3.63) is 30.6 Å². The van der Waals surface area contributed by atoms with Gasteiger partial charge in [0.05, 0.1) is 30.5 Å². The molecule has 6 nitrogen and oxygen atoms in total. The molecule has 3 rings (SSSR count). The first-order chi connectivity index (χ1) is 10.4. The van der Waals surface area contributed by atoms with E-state index in [0.717, 1.165) is 29.9 Å². The van der Waals surface area contributed by atoms with Gasteiger partial charge in [0, 0.05) is 12.1 Å². The van der Waals surface area contributed by atoms with Gasteiger partial charge in [0.25, 0.3) is 0 Å². The van der Waals surface area contributed by atoms with Crippen LogP contribution in [0.5, 0.6) is 0 Å². The summed E-state index contributed by atoms with van der Waals surface area (Å²) in [4.78, 5) is 21.8. The predicted molar refractivity (Wildman–Crippen MR) is 81.2 cm³/mol. The molecule has 1 fully saturated rings. The Kier molecular flexibility index (Phi) is 3.68. The lowest BCUT2D eigenvalue weighted by molar-refractivity contribution is 0.0219. The number of nitrogens with zero attached hydrogens (tertiary/aromatic N) is 2. The average Bonchev–Trinajstić information content (AvgIpc) is 3.17. The van der Waals surface area contributed by atoms with Gasteiger partial charge in [0.2, 0.25) is 0 Å². The summed E-state index contributed by atoms with van der Waals surface area (Å²) in [6, 6.07) is 1.81. The molecule has 1 atom stereocenters. The molecule has 1 N–H and O–H groups in total. The van der Waals surface area contributed by atoms with Gasteiger partial charge in [-0.1, -0.05) is 0 Å². The Morgan fingerprint density at radius 1 is 1.50 bits per heavy atom. The zero-order valence-corrected chi connectivity index (χ0v) is 13.1. The van der Waals surface area contributed by atoms with E-state index in [4.69, 9.17) is 9.15 Å². The normalized spacial score (nSPS) is 18.7. The van der Waals surface area contributed by atoms with Crippen molar-refractivity contribution >= 4 is 6.09 Å². The number of rotatable bonds is 2. The van der Waals surface area contributed by atoms with Crippen molar-refractivity contribution in [2.75, 3.05) is 6.54 Å². The van der Waals surface area contributed by atoms with E-state index >= 15 is 0 Å². The van der Waals surface area contributed by atoms with Crippen molar-refractivity contribution in [3.8, 4) is 11.3 Å². The van der Waals surface area contributed by atoms with Gasteiger partial charge in [-0.05, 0) is 39.7 Å². The van der Waals surface area contributed by atoms with Crippen LogP contribution in [0.2, 0.25) is 0 Å². The number of nitrogens with one attached hydrogen (secondary N) is 1. The smallest absolute Gasteiger partial charge is 0.410 e. The van der Waals surface area contributed by atoms with Gasteiger partial charge in [-0.25, -0.2) is 9.78 Å². The lowest BCUT2D eigenvalue weighted by atomic mass is 10.2. The van der Waals surface area contributed by atoms with E-state index in [0.29, 0.717) is 6.54 Å². The monoisotopic (exact) mass is 303 g/mol. The molecule has 2 aromatic rings. The van der Waals surface area contributed by atoms with Gasteiger partial charge in [-0.3, -0.25) is 4.90 Å². The van der Waals surface area contributed by atoms with Crippen LogP contribution >= 0.6 is 0 Å². The summed E-state index contributed by atoms with van der Waals surface area (Å²) in [5, 5.41) is 0. The molecule has 0 aromatic carbocycles. The third-order valence-corrected chi connectivity index (χ3v) is 3.62. The fourth-order valence-corrected chi connectivity index (χ4v) is 2.66. The summed E-state index contributed by atoms with van der Waals surface area (Å²) in [5.41, 5.74) is 1.34. The summed E-state index contributed by atoms with van der Waals surface area (Å²) in [5.74, 6) is 0.791. The number of H-pyrrole nitrogens is 1. The second kappa shape index (κ2) is 5.51. The molecule has 6 heteroatoms. The Balaban J connectivity index is 1.77. The zero-order valence-electron chi connectivity index (χ0n) is 13.1. The molecule has 0 spiro atoms. The molecular formula is C16H21N3O3. The zero-order chi connectivity index (χ0) is 15.7. The highest BCUT2D eigenvalue weighted by molar-refractivity contribution is 5.69. The minimum Gasteiger partial charge on any atom is -0.472 e. The number of hydrogen-bond acceptors (Lipinski definition) is 4. The molecule has 118 valence electrons. The van der Waals surface area contributed by atoms with Crippen molar-refractivity contribution in [3.63, 3.8) is 0 Å². The van der Waals surface area contributed by atoms with Crippen LogP contribution in [0.15, 0.2) is 29.2 Å². The van der Waals surface area contributed by atoms with E-state index in [9.17, 15) is 4.79 Å². The summed E-state index contributed by atoms with van der Waals surface area (Å²) >= 11 is 0. The first-order valence-electron chi connectivity index (χ1n) is 7.51. The highest BCUT2D eigenvalue weighted by Crippen LogP contribution is 2.32. The van der Waals surface area contributed by atoms with Crippen LogP contribution in [0, 0.1) is 0 Å². The maximum atomic E-state index is 12.3. The fraction of sp³-hybridized carbons (Fsp3) is 0.500. The van der Waals surface area contributed by atoms with Crippen LogP contribution in [0.4, 0.5) is 4.79 Å². The third-order valence-electron chi connectivity index (χ3n) is 3.62. The van der Waals surface area contributed by atoms with Gasteiger partial charge in [0.1, 0.15) is 11.4 Å². The number of hydrogen-bond donors (Lipinski definition) is 1. The SMILES string of the molecule is CC(C)(C)OC(=O)N1CCCC1c1ncc(-c2ccoc2)[nH]1. The molecule has 0 saturated carbocycles. The summed E-state index contributed by atoms with van der Waals surface area (Å²) in [6.45, 7) is 6.32. The minimum absolute atomic E-state index is 0.0597. The molecule has 1 unspecified atom stereocenters. The second-order valence-electron chi connectivity index (χ2n) is 6.53. The molecule has 0 aliphatic carbocycles. The van der Waals surface area contributed by atoms with E-state index in [1.807, 2.05) is 26.8 Å². The maximum absolute atomic E-state index is 12.3. The summed E-state index contributed by atoms with van der Waals surface area (Å²) in [6.07, 6.45) is 6.61. The van der Waals surface area contributed by atoms with Crippen molar-refractivity contribution < 1.29 is 13.9 Å². The number of amides is 1. The maximum Gasteiger partial charge on any atom is 0.410 e. The molecule has 3 heterocycles. The number of aromatic nitrogens is 2. The van der Waals surface area contributed by atoms with Crippen LogP contribution in [0.1, 0.15) is 45.5 Å². The van der Waals surface area contributed by atoms with Crippen LogP contribution in [-0.2, 0) is 4.74 Å². The fourth-order valence-electron chi connectivity index (χ4n) is 2.66. The quantitative estimate of drug-likeness (QED) is 0.917. The van der Waals surface area contributed by atoms with Gasteiger partial charge in [0.15, 0.2) is 0 Å². The molecule has 1 saturated heterocycles. The first-order valence-corrected chi connectivity index (χ1v) is 7.51. The number of likely N-dealkylation sites (tertiary alicyclic amines) is 1. The highest BCUT2D eigenvalue weighted by Gasteiger charge is 2.34. The number of carbonyl (C=O) groups is 1. The summed E-state index contributed by atoms with van der Waals surface area (Å²) < 4.78 is 10.6. The van der Waals surface area contributed by atoms with Gasteiger partial charge < -0.3 is 14.1 Å². The standard InChI is InChI=1S/C16H21N3O3/c1-16(2,3)22-15(20)19-7-4-5-13(19)14-17-9-12(18-14)11-6-8-21-10-11/h6,8-10,13H,4-5,7H2,1-3H3,(H,17,18). The molecule has 0 radical (unpaired) electrons. The first kappa shape index (κ1) is 14.7. The Bertz CT molecular complexity index is 640. The third kappa shape index (κ3) is 3.00. The van der Waals surface area contributed by atoms with E-state index in [2.05, 4.69) is 9.97 Å². The van der Waals surface area contributed by atoms with Crippen molar-refractivity contribution in [2.45, 2.75) is 45.3 Å². The van der Waals surface area contributed by atoms with Crippen LogP contribution in [0.25, 0.3) is 11.3 Å². The minimum atomic E-state index is -0.491. The van der Waals surface area contributed by atoms with E-state index in [1.165, 1.54) is 0 Å². The molecule has 1 aliphatic heterocycles. The molecule has 22 heavy (non-hydrogen) atoms. The number of ether oxygens (including phenoxy) is 1. The lowest BCUT2D eigenvalue weighted by Gasteiger charge is -2.27. The number of furan rings is 1. The van der Waals surface area contributed by atoms with Gasteiger partial charge in [-0.15, -0.1) is 0 Å². The average molecular weight is 303 g/mol. The van der Waals surface area contributed by atoms with Crippen molar-refractivity contribution in [1.82, 2.24) is 14.9 Å². The topological polar surface area (TPSA) is 71.4 Å². The van der Waals surface area contributed by atoms with E-state index in [1.54, 1.807) is 23.6 Å². The molecule has 2 aromatic heterocycles. The predicted octanol–water partition coefficient (Wildman–Crippen LogP) is 3.74. The number of imidazole rings is 1. The van der Waals surface area contributed by atoms with Crippen LogP contribution in [0.3, 0.4) is 0 Å². The Hall–Kier alpha value is -2.24. The largest absolute Gasteiger partial charge is 0.472 e. The highest BCUT2D eigenvalue weighted by atomic mass is 16.6. The molecule has 1 aliphatic rings. The van der Waals surface area contributed by atoms with E-state index < -0.39 is 5.60 Å². The van der Waals surface area contributed by atoms with Crippen LogP contribution in [-0.4, -0.2) is 33.1 Å². The van der Waals surface area contributed by atoms with Gasteiger partial charge in [-0.2, -0.15) is 0 Å². The van der Waals surface area contributed by atoms with Crippen molar-refractivity contribution in [1.29, 1.82) is 0 Å². The van der Waals surface area contributed by atoms with Crippen LogP contribution < -0.4 is 0 Å². The number of carbonyl (C=O) groups excluding carboxylic acids is 1. The lowest BCUT2D eigenvalue weighted by Crippen LogP contribution is -2.36. The Labute approximate surface area is 129 Å². The van der Waals surface area contributed by atoms with Gasteiger partial charge >= 0.3 is 6.09 Å². The van der Waals surface area contributed by atoms with E-state index in [-0.39, 0.29) is 12.1 Å². The number of aromatic amines is 1. The van der Waals surface area contributed by atoms with Crippen molar-refractivity contribution in [2.24, 2.45) is 0 Å². The molecular weight excluding hydrogens is 282 g/mol. The Morgan fingerprint density at radius 2 is 2.32 bits per heavy atom. The molecule has 1 amide bonds. The summed E-state index contributed by atoms with van der Waals surface area (Å²) in [7, 11) is 0. The second-order valence-corrected chi connectivity index (χ2v) is 6.53.